The average molecular weight is 527 g/mol. The predicted molar refractivity (Wildman–Crippen MR) is 155 cm³/mol. The largest absolute Gasteiger partial charge is 0.493 e. The molecule has 1 aromatic heterocycles. The number of hydrogen-bond donors (Lipinski definition) is 1. The summed E-state index contributed by atoms with van der Waals surface area (Å²) >= 11 is 0. The molecular weight excluding hydrogens is 488 g/mol. The molecular formula is C33H38N2O4. The fourth-order valence-corrected chi connectivity index (χ4v) is 5.96. The Balaban J connectivity index is 1.48. The summed E-state index contributed by atoms with van der Waals surface area (Å²) in [6.45, 7) is 6.49. The van der Waals surface area contributed by atoms with Gasteiger partial charge in [-0.1, -0.05) is 58.6 Å². The first-order valence-electron chi connectivity index (χ1n) is 14.1. The number of aromatic nitrogens is 1. The summed E-state index contributed by atoms with van der Waals surface area (Å²) in [6, 6.07) is 13.4. The molecule has 1 N–H and O–H groups in total. The molecule has 2 aromatic carbocycles. The highest BCUT2D eigenvalue weighted by Crippen LogP contribution is 2.52. The molecule has 0 unspecified atom stereocenters. The van der Waals surface area contributed by atoms with Crippen LogP contribution in [0.1, 0.15) is 89.3 Å². The van der Waals surface area contributed by atoms with Gasteiger partial charge in [-0.2, -0.15) is 0 Å². The van der Waals surface area contributed by atoms with Crippen molar-refractivity contribution in [1.29, 1.82) is 0 Å². The number of anilines is 1. The minimum absolute atomic E-state index is 0.133. The van der Waals surface area contributed by atoms with Crippen LogP contribution in [0.4, 0.5) is 5.69 Å². The predicted octanol–water partition coefficient (Wildman–Crippen LogP) is 7.82. The molecule has 1 atom stereocenters. The number of methoxy groups -OCH3 is 1. The van der Waals surface area contributed by atoms with E-state index >= 15 is 0 Å². The molecule has 1 aliphatic carbocycles. The number of fused-ring (bicyclic) bond motifs is 4. The van der Waals surface area contributed by atoms with E-state index in [2.05, 4.69) is 43.2 Å². The van der Waals surface area contributed by atoms with E-state index in [4.69, 9.17) is 9.47 Å². The Kier molecular flexibility index (Phi) is 7.74. The molecule has 0 amide bonds. The maximum Gasteiger partial charge on any atom is 0.311 e. The van der Waals surface area contributed by atoms with Crippen molar-refractivity contribution in [2.75, 3.05) is 12.4 Å². The summed E-state index contributed by atoms with van der Waals surface area (Å²) < 4.78 is 11.3. The second kappa shape index (κ2) is 11.2. The number of nitrogens with zero attached hydrogens (tertiary/aromatic N) is 1. The van der Waals surface area contributed by atoms with Gasteiger partial charge >= 0.3 is 5.97 Å². The molecule has 0 spiro atoms. The van der Waals surface area contributed by atoms with Crippen LogP contribution in [-0.2, 0) is 9.59 Å². The van der Waals surface area contributed by atoms with E-state index in [-0.39, 0.29) is 23.2 Å². The van der Waals surface area contributed by atoms with E-state index in [9.17, 15) is 9.59 Å². The Bertz CT molecular complexity index is 1440. The summed E-state index contributed by atoms with van der Waals surface area (Å²) in [5, 5.41) is 4.70. The average Bonchev–Trinajstić information content (AvgIpc) is 2.91. The third kappa shape index (κ3) is 5.56. The van der Waals surface area contributed by atoms with Gasteiger partial charge in [0, 0.05) is 41.2 Å². The lowest BCUT2D eigenvalue weighted by molar-refractivity contribution is -0.134. The van der Waals surface area contributed by atoms with Gasteiger partial charge in [-0.15, -0.1) is 0 Å². The highest BCUT2D eigenvalue weighted by Gasteiger charge is 2.41. The van der Waals surface area contributed by atoms with Gasteiger partial charge in [-0.05, 0) is 59.7 Å². The van der Waals surface area contributed by atoms with E-state index < -0.39 is 0 Å². The van der Waals surface area contributed by atoms with Crippen LogP contribution in [0.3, 0.4) is 0 Å². The van der Waals surface area contributed by atoms with Gasteiger partial charge in [0.2, 0.25) is 0 Å². The van der Waals surface area contributed by atoms with Crippen molar-refractivity contribution in [2.24, 2.45) is 5.41 Å². The number of carbonyl (C=O) groups is 2. The number of ketones is 1. The summed E-state index contributed by atoms with van der Waals surface area (Å²) in [5.41, 5.74) is 5.63. The van der Waals surface area contributed by atoms with Gasteiger partial charge < -0.3 is 14.8 Å². The van der Waals surface area contributed by atoms with Crippen LogP contribution in [0.2, 0.25) is 0 Å². The number of allylic oxidation sites excluding steroid dienone is 1. The Morgan fingerprint density at radius 1 is 1.05 bits per heavy atom. The SMILES string of the molecule is CCCCCCCC(=O)Oc1ccc([C@H]2Nc3ccc4ncccc4c3C3=C2C(=O)CC(C)(C)C3)cc1OC. The van der Waals surface area contributed by atoms with Crippen LogP contribution in [0.15, 0.2) is 54.2 Å². The molecule has 0 saturated carbocycles. The van der Waals surface area contributed by atoms with Crippen LogP contribution < -0.4 is 14.8 Å². The highest BCUT2D eigenvalue weighted by molar-refractivity contribution is 6.12. The van der Waals surface area contributed by atoms with E-state index in [1.165, 1.54) is 12.8 Å². The van der Waals surface area contributed by atoms with Gasteiger partial charge in [0.1, 0.15) is 0 Å². The molecule has 0 radical (unpaired) electrons. The van der Waals surface area contributed by atoms with Crippen molar-refractivity contribution in [3.05, 3.63) is 65.4 Å². The zero-order valence-corrected chi connectivity index (χ0v) is 23.4. The Morgan fingerprint density at radius 2 is 1.87 bits per heavy atom. The first-order valence-corrected chi connectivity index (χ1v) is 14.1. The second-order valence-electron chi connectivity index (χ2n) is 11.5. The third-order valence-electron chi connectivity index (χ3n) is 7.82. The molecule has 6 heteroatoms. The molecule has 2 heterocycles. The van der Waals surface area contributed by atoms with Gasteiger partial charge in [0.05, 0.1) is 18.7 Å². The fraction of sp³-hybridized carbons (Fsp3) is 0.424. The summed E-state index contributed by atoms with van der Waals surface area (Å²) in [7, 11) is 1.57. The molecule has 0 bridgehead atoms. The van der Waals surface area contributed by atoms with Crippen molar-refractivity contribution in [3.8, 4) is 11.5 Å². The van der Waals surface area contributed by atoms with Crippen molar-refractivity contribution in [3.63, 3.8) is 0 Å². The standard InChI is InChI=1S/C33H38N2O4/c1-5-6-7-8-9-12-29(37)39-27-16-13-21(18-28(27)38-4)32-31-23(19-33(2,3)20-26(31)36)30-22-11-10-17-34-24(22)14-15-25(30)35-32/h10-11,13-18,32,35H,5-9,12,19-20H2,1-4H3/t32-/m1/s1. The molecule has 3 aromatic rings. The van der Waals surface area contributed by atoms with E-state index in [1.54, 1.807) is 19.4 Å². The Labute approximate surface area is 230 Å². The second-order valence-corrected chi connectivity index (χ2v) is 11.5. The summed E-state index contributed by atoms with van der Waals surface area (Å²) in [6.07, 6.45) is 8.84. The number of Topliss-reactive ketones (excluding diaryl/α,β-unsaturated/α-hetero) is 1. The zero-order valence-electron chi connectivity index (χ0n) is 23.4. The third-order valence-corrected chi connectivity index (χ3v) is 7.82. The smallest absolute Gasteiger partial charge is 0.311 e. The van der Waals surface area contributed by atoms with Crippen LogP contribution in [0.25, 0.3) is 16.5 Å². The summed E-state index contributed by atoms with van der Waals surface area (Å²) in [4.78, 5) is 30.7. The first-order chi connectivity index (χ1) is 18.8. The number of ether oxygens (including phenoxy) is 2. The van der Waals surface area contributed by atoms with Crippen LogP contribution >= 0.6 is 0 Å². The lowest BCUT2D eigenvalue weighted by Crippen LogP contribution is -2.33. The number of carbonyl (C=O) groups excluding carboxylic acids is 2. The fourth-order valence-electron chi connectivity index (χ4n) is 5.96. The van der Waals surface area contributed by atoms with Crippen molar-refractivity contribution in [2.45, 2.75) is 78.2 Å². The molecule has 2 aliphatic rings. The van der Waals surface area contributed by atoms with Gasteiger partial charge in [0.15, 0.2) is 17.3 Å². The zero-order chi connectivity index (χ0) is 27.6. The normalized spacial score (nSPS) is 17.8. The molecule has 0 saturated heterocycles. The molecule has 39 heavy (non-hydrogen) atoms. The number of nitrogens with one attached hydrogen (secondary N) is 1. The van der Waals surface area contributed by atoms with Crippen LogP contribution in [0.5, 0.6) is 11.5 Å². The van der Waals surface area contributed by atoms with Gasteiger partial charge in [-0.3, -0.25) is 14.6 Å². The number of pyridine rings is 1. The maximum absolute atomic E-state index is 13.7. The molecule has 1 aliphatic heterocycles. The van der Waals surface area contributed by atoms with Gasteiger partial charge in [-0.25, -0.2) is 0 Å². The topological polar surface area (TPSA) is 77.5 Å². The lowest BCUT2D eigenvalue weighted by atomic mass is 9.68. The van der Waals surface area contributed by atoms with Crippen molar-refractivity contribution >= 4 is 33.9 Å². The highest BCUT2D eigenvalue weighted by atomic mass is 16.6. The quantitative estimate of drug-likeness (QED) is 0.174. The van der Waals surface area contributed by atoms with Crippen LogP contribution in [0, 0.1) is 5.41 Å². The number of esters is 1. The number of rotatable bonds is 9. The maximum atomic E-state index is 13.7. The monoisotopic (exact) mass is 526 g/mol. The Hall–Kier alpha value is -3.67. The van der Waals surface area contributed by atoms with E-state index in [0.29, 0.717) is 24.3 Å². The van der Waals surface area contributed by atoms with Crippen molar-refractivity contribution in [1.82, 2.24) is 4.98 Å². The van der Waals surface area contributed by atoms with E-state index in [0.717, 1.165) is 64.5 Å². The van der Waals surface area contributed by atoms with Crippen molar-refractivity contribution < 1.29 is 19.1 Å². The minimum atomic E-state index is -0.331. The molecule has 0 fully saturated rings. The first kappa shape index (κ1) is 26.9. The van der Waals surface area contributed by atoms with Crippen LogP contribution in [-0.4, -0.2) is 23.8 Å². The lowest BCUT2D eigenvalue weighted by Gasteiger charge is -2.40. The summed E-state index contributed by atoms with van der Waals surface area (Å²) in [5.74, 6) is 0.784. The molecule has 6 nitrogen and oxygen atoms in total. The number of benzene rings is 2. The minimum Gasteiger partial charge on any atom is -0.493 e. The Morgan fingerprint density at radius 3 is 2.67 bits per heavy atom. The van der Waals surface area contributed by atoms with Gasteiger partial charge in [0.25, 0.3) is 0 Å². The van der Waals surface area contributed by atoms with E-state index in [1.807, 2.05) is 24.3 Å². The number of hydrogen-bond acceptors (Lipinski definition) is 6. The number of unbranched alkanes of at least 4 members (excludes halogenated alkanes) is 4. The molecule has 204 valence electrons. The molecule has 5 rings (SSSR count).